The van der Waals surface area contributed by atoms with Gasteiger partial charge in [-0.1, -0.05) is 12.1 Å². The highest BCUT2D eigenvalue weighted by molar-refractivity contribution is 5.98. The Morgan fingerprint density at radius 3 is 2.41 bits per heavy atom. The summed E-state index contributed by atoms with van der Waals surface area (Å²) in [5, 5.41) is 0. The zero-order chi connectivity index (χ0) is 12.8. The fraction of sp³-hybridized carbons (Fsp3) is 0.250. The van der Waals surface area contributed by atoms with Gasteiger partial charge in [0.25, 0.3) is 0 Å². The van der Waals surface area contributed by atoms with Crippen LogP contribution in [0.4, 0.5) is 0 Å². The predicted molar refractivity (Wildman–Crippen MR) is 58.7 cm³/mol. The van der Waals surface area contributed by atoms with Gasteiger partial charge in [-0.2, -0.15) is 0 Å². The van der Waals surface area contributed by atoms with E-state index < -0.39 is 11.9 Å². The number of carbonyl (C=O) groups excluding carboxylic acids is 3. The fourth-order valence-corrected chi connectivity index (χ4v) is 1.15. The molecule has 1 rings (SSSR count). The van der Waals surface area contributed by atoms with Crippen LogP contribution in [0, 0.1) is 0 Å². The molecule has 0 saturated carbocycles. The Morgan fingerprint density at radius 1 is 1.12 bits per heavy atom. The first kappa shape index (κ1) is 12.9. The lowest BCUT2D eigenvalue weighted by atomic mass is 10.1. The first-order valence-corrected chi connectivity index (χ1v) is 4.94. The van der Waals surface area contributed by atoms with E-state index in [4.69, 9.17) is 4.74 Å². The van der Waals surface area contributed by atoms with E-state index in [0.717, 1.165) is 0 Å². The maximum atomic E-state index is 11.6. The number of carbonyl (C=O) groups is 3. The molecular formula is C12H12O5. The average Bonchev–Trinajstić information content (AvgIpc) is 2.25. The van der Waals surface area contributed by atoms with E-state index in [-0.39, 0.29) is 18.1 Å². The third-order valence-corrected chi connectivity index (χ3v) is 1.82. The van der Waals surface area contributed by atoms with Crippen molar-refractivity contribution in [2.45, 2.75) is 13.8 Å². The fourth-order valence-electron chi connectivity index (χ4n) is 1.15. The van der Waals surface area contributed by atoms with Crippen molar-refractivity contribution in [3.63, 3.8) is 0 Å². The number of ketones is 1. The Hall–Kier alpha value is -2.17. The molecule has 90 valence electrons. The normalized spacial score (nSPS) is 9.53. The summed E-state index contributed by atoms with van der Waals surface area (Å²) in [6.45, 7) is 2.18. The summed E-state index contributed by atoms with van der Waals surface area (Å²) in [4.78, 5) is 32.9. The Bertz CT molecular complexity index is 450. The Balaban J connectivity index is 2.73. The van der Waals surface area contributed by atoms with E-state index in [1.54, 1.807) is 18.2 Å². The van der Waals surface area contributed by atoms with Crippen molar-refractivity contribution >= 4 is 17.7 Å². The van der Waals surface area contributed by atoms with Gasteiger partial charge < -0.3 is 9.47 Å². The van der Waals surface area contributed by atoms with Crippen LogP contribution < -0.4 is 4.74 Å². The first-order chi connectivity index (χ1) is 7.99. The molecule has 0 heterocycles. The third-order valence-electron chi connectivity index (χ3n) is 1.82. The van der Waals surface area contributed by atoms with Gasteiger partial charge in [0, 0.05) is 19.4 Å². The number of ether oxygens (including phenoxy) is 2. The van der Waals surface area contributed by atoms with Crippen LogP contribution in [-0.4, -0.2) is 24.3 Å². The molecule has 0 atom stereocenters. The zero-order valence-electron chi connectivity index (χ0n) is 9.56. The molecule has 0 amide bonds. The molecule has 0 radical (unpaired) electrons. The van der Waals surface area contributed by atoms with Crippen LogP contribution >= 0.6 is 0 Å². The van der Waals surface area contributed by atoms with Crippen LogP contribution in [-0.2, 0) is 14.3 Å². The minimum absolute atomic E-state index is 0.283. The Morgan fingerprint density at radius 2 is 1.82 bits per heavy atom. The Kier molecular flexibility index (Phi) is 4.39. The molecule has 0 aliphatic rings. The van der Waals surface area contributed by atoms with Crippen LogP contribution in [0.1, 0.15) is 24.2 Å². The quantitative estimate of drug-likeness (QED) is 0.448. The summed E-state index contributed by atoms with van der Waals surface area (Å²) in [5.74, 6) is -1.05. The van der Waals surface area contributed by atoms with Crippen LogP contribution in [0.5, 0.6) is 5.75 Å². The van der Waals surface area contributed by atoms with Crippen molar-refractivity contribution < 1.29 is 23.9 Å². The molecule has 17 heavy (non-hydrogen) atoms. The van der Waals surface area contributed by atoms with Crippen molar-refractivity contribution in [3.05, 3.63) is 29.8 Å². The largest absolute Gasteiger partial charge is 0.457 e. The van der Waals surface area contributed by atoms with Crippen LogP contribution in [0.25, 0.3) is 0 Å². The van der Waals surface area contributed by atoms with Crippen LogP contribution in [0.2, 0.25) is 0 Å². The van der Waals surface area contributed by atoms with Crippen molar-refractivity contribution in [2.75, 3.05) is 6.61 Å². The van der Waals surface area contributed by atoms with E-state index >= 15 is 0 Å². The first-order valence-electron chi connectivity index (χ1n) is 4.94. The monoisotopic (exact) mass is 236 g/mol. The number of esters is 2. The van der Waals surface area contributed by atoms with Gasteiger partial charge in [-0.05, 0) is 12.1 Å². The van der Waals surface area contributed by atoms with Gasteiger partial charge in [-0.3, -0.25) is 14.4 Å². The lowest BCUT2D eigenvalue weighted by Gasteiger charge is -2.04. The van der Waals surface area contributed by atoms with Crippen molar-refractivity contribution in [2.24, 2.45) is 0 Å². The number of rotatable bonds is 4. The molecule has 1 aromatic carbocycles. The molecule has 0 unspecified atom stereocenters. The molecule has 1 aromatic rings. The number of hydrogen-bond donors (Lipinski definition) is 0. The molecule has 5 nitrogen and oxygen atoms in total. The maximum Gasteiger partial charge on any atom is 0.308 e. The van der Waals surface area contributed by atoms with E-state index in [9.17, 15) is 14.4 Å². The summed E-state index contributed by atoms with van der Waals surface area (Å²) in [7, 11) is 0. The van der Waals surface area contributed by atoms with Gasteiger partial charge in [-0.15, -0.1) is 0 Å². The van der Waals surface area contributed by atoms with Gasteiger partial charge in [0.1, 0.15) is 5.75 Å². The molecule has 0 spiro atoms. The van der Waals surface area contributed by atoms with E-state index in [0.29, 0.717) is 5.56 Å². The van der Waals surface area contributed by atoms with Crippen LogP contribution in [0.15, 0.2) is 24.3 Å². The summed E-state index contributed by atoms with van der Waals surface area (Å²) >= 11 is 0. The van der Waals surface area contributed by atoms with Crippen LogP contribution in [0.3, 0.4) is 0 Å². The van der Waals surface area contributed by atoms with E-state index in [1.807, 2.05) is 0 Å². The van der Waals surface area contributed by atoms with Crippen molar-refractivity contribution in [1.29, 1.82) is 0 Å². The molecule has 0 fully saturated rings. The van der Waals surface area contributed by atoms with Gasteiger partial charge in [0.2, 0.25) is 0 Å². The second kappa shape index (κ2) is 5.79. The van der Waals surface area contributed by atoms with E-state index in [2.05, 4.69) is 4.74 Å². The highest BCUT2D eigenvalue weighted by Gasteiger charge is 2.09. The molecular weight excluding hydrogens is 224 g/mol. The third kappa shape index (κ3) is 4.46. The van der Waals surface area contributed by atoms with Crippen molar-refractivity contribution in [3.8, 4) is 5.75 Å². The second-order valence-electron chi connectivity index (χ2n) is 3.32. The SMILES string of the molecule is CC(=O)OCC(=O)c1cccc(OC(C)=O)c1. The molecule has 0 aromatic heterocycles. The standard InChI is InChI=1S/C12H12O5/c1-8(13)16-7-12(15)10-4-3-5-11(6-10)17-9(2)14/h3-6H,7H2,1-2H3. The summed E-state index contributed by atoms with van der Waals surface area (Å²) in [5.41, 5.74) is 0.324. The van der Waals surface area contributed by atoms with E-state index in [1.165, 1.54) is 19.9 Å². The molecule has 0 bridgehead atoms. The number of hydrogen-bond acceptors (Lipinski definition) is 5. The predicted octanol–water partition coefficient (Wildman–Crippen LogP) is 1.36. The van der Waals surface area contributed by atoms with Crippen molar-refractivity contribution in [1.82, 2.24) is 0 Å². The van der Waals surface area contributed by atoms with Gasteiger partial charge in [-0.25, -0.2) is 0 Å². The molecule has 0 aliphatic carbocycles. The van der Waals surface area contributed by atoms with Gasteiger partial charge in [0.05, 0.1) is 0 Å². The lowest BCUT2D eigenvalue weighted by molar-refractivity contribution is -0.139. The summed E-state index contributed by atoms with van der Waals surface area (Å²) < 4.78 is 9.41. The minimum atomic E-state index is -0.519. The van der Waals surface area contributed by atoms with Gasteiger partial charge in [0.15, 0.2) is 12.4 Å². The smallest absolute Gasteiger partial charge is 0.308 e. The average molecular weight is 236 g/mol. The molecule has 0 aliphatic heterocycles. The highest BCUT2D eigenvalue weighted by atomic mass is 16.5. The second-order valence-corrected chi connectivity index (χ2v) is 3.32. The topological polar surface area (TPSA) is 69.7 Å². The number of benzene rings is 1. The molecule has 0 saturated heterocycles. The maximum absolute atomic E-state index is 11.6. The van der Waals surface area contributed by atoms with Gasteiger partial charge >= 0.3 is 11.9 Å². The zero-order valence-corrected chi connectivity index (χ0v) is 9.56. The minimum Gasteiger partial charge on any atom is -0.457 e. The summed E-state index contributed by atoms with van der Waals surface area (Å²) in [6, 6.07) is 6.12. The summed E-state index contributed by atoms with van der Waals surface area (Å²) in [6.07, 6.45) is 0. The number of Topliss-reactive ketones (excluding diaryl/α,β-unsaturated/α-hetero) is 1. The molecule has 5 heteroatoms. The lowest BCUT2D eigenvalue weighted by Crippen LogP contribution is -2.12. The Labute approximate surface area is 98.3 Å². The molecule has 0 N–H and O–H groups in total. The highest BCUT2D eigenvalue weighted by Crippen LogP contribution is 2.14.